The van der Waals surface area contributed by atoms with Crippen molar-refractivity contribution in [2.45, 2.75) is 19.4 Å². The number of thiazole rings is 1. The normalized spacial score (nSPS) is 11.9. The molecule has 29 heavy (non-hydrogen) atoms. The molecule has 0 radical (unpaired) electrons. The topological polar surface area (TPSA) is 89.6 Å². The van der Waals surface area contributed by atoms with Crippen LogP contribution in [-0.2, 0) is 17.8 Å². The summed E-state index contributed by atoms with van der Waals surface area (Å²) in [4.78, 5) is 28.7. The molecule has 148 valence electrons. The molecule has 2 N–H and O–H groups in total. The fourth-order valence-electron chi connectivity index (χ4n) is 2.82. The smallest absolute Gasteiger partial charge is 0.257 e. The van der Waals surface area contributed by atoms with Gasteiger partial charge in [-0.25, -0.2) is 4.98 Å². The zero-order valence-electron chi connectivity index (χ0n) is 15.5. The number of carbonyl (C=O) groups excluding carboxylic acids is 2. The predicted octanol–water partition coefficient (Wildman–Crippen LogP) is 3.37. The second kappa shape index (κ2) is 8.74. The number of nitrogens with one attached hydrogen (secondary N) is 2. The first-order chi connectivity index (χ1) is 14.2. The Morgan fingerprint density at radius 2 is 1.90 bits per heavy atom. The van der Waals surface area contributed by atoms with E-state index < -0.39 is 0 Å². The molecule has 2 amide bonds. The number of anilines is 1. The molecule has 0 atom stereocenters. The largest absolute Gasteiger partial charge is 0.454 e. The number of benzene rings is 2. The van der Waals surface area contributed by atoms with Crippen LogP contribution < -0.4 is 20.1 Å². The number of aromatic nitrogens is 1. The standard InChI is InChI=1S/C21H19N3O4S/c25-19(22-11-14-6-8-17-18(10-14)28-13-27-17)9-7-16-12-29-21(23-16)24-20(26)15-4-2-1-3-5-15/h1-6,8,10,12H,7,9,11,13H2,(H,22,25)(H,23,24,26). The summed E-state index contributed by atoms with van der Waals surface area (Å²) in [5.74, 6) is 1.15. The number of rotatable bonds is 7. The van der Waals surface area contributed by atoms with Gasteiger partial charge in [-0.2, -0.15) is 0 Å². The molecule has 3 aromatic rings. The maximum Gasteiger partial charge on any atom is 0.257 e. The van der Waals surface area contributed by atoms with Gasteiger partial charge in [0.2, 0.25) is 12.7 Å². The van der Waals surface area contributed by atoms with Gasteiger partial charge in [-0.15, -0.1) is 11.3 Å². The Morgan fingerprint density at radius 1 is 1.07 bits per heavy atom. The van der Waals surface area contributed by atoms with Gasteiger partial charge in [0.05, 0.1) is 5.69 Å². The van der Waals surface area contributed by atoms with E-state index in [9.17, 15) is 9.59 Å². The number of aryl methyl sites for hydroxylation is 1. The Kier molecular flexibility index (Phi) is 5.71. The highest BCUT2D eigenvalue weighted by atomic mass is 32.1. The van der Waals surface area contributed by atoms with Gasteiger partial charge in [0.25, 0.3) is 5.91 Å². The first-order valence-corrected chi connectivity index (χ1v) is 10.0. The van der Waals surface area contributed by atoms with Crippen molar-refractivity contribution in [2.24, 2.45) is 0 Å². The van der Waals surface area contributed by atoms with Crippen LogP contribution in [0.5, 0.6) is 11.5 Å². The van der Waals surface area contributed by atoms with E-state index in [1.165, 1.54) is 11.3 Å². The average Bonchev–Trinajstić information content (AvgIpc) is 3.40. The summed E-state index contributed by atoms with van der Waals surface area (Å²) in [5.41, 5.74) is 2.30. The fourth-order valence-corrected chi connectivity index (χ4v) is 3.56. The zero-order valence-corrected chi connectivity index (χ0v) is 16.3. The maximum atomic E-state index is 12.2. The minimum Gasteiger partial charge on any atom is -0.454 e. The highest BCUT2D eigenvalue weighted by Crippen LogP contribution is 2.32. The third-order valence-corrected chi connectivity index (χ3v) is 5.15. The summed E-state index contributed by atoms with van der Waals surface area (Å²) in [5, 5.41) is 8.05. The molecule has 8 heteroatoms. The summed E-state index contributed by atoms with van der Waals surface area (Å²) in [7, 11) is 0. The first kappa shape index (κ1) is 18.9. The van der Waals surface area contributed by atoms with Gasteiger partial charge in [0.15, 0.2) is 16.6 Å². The van der Waals surface area contributed by atoms with E-state index >= 15 is 0 Å². The third-order valence-electron chi connectivity index (χ3n) is 4.34. The van der Waals surface area contributed by atoms with Crippen LogP contribution in [0.1, 0.15) is 28.0 Å². The van der Waals surface area contributed by atoms with E-state index in [2.05, 4.69) is 15.6 Å². The van der Waals surface area contributed by atoms with E-state index in [4.69, 9.17) is 9.47 Å². The SMILES string of the molecule is O=C(CCc1csc(NC(=O)c2ccccc2)n1)NCc1ccc2c(c1)OCO2. The van der Waals surface area contributed by atoms with Crippen LogP contribution >= 0.6 is 11.3 Å². The highest BCUT2D eigenvalue weighted by Gasteiger charge is 2.14. The monoisotopic (exact) mass is 409 g/mol. The van der Waals surface area contributed by atoms with Crippen molar-refractivity contribution in [3.8, 4) is 11.5 Å². The molecule has 1 aromatic heterocycles. The third kappa shape index (κ3) is 4.91. The quantitative estimate of drug-likeness (QED) is 0.625. The molecule has 2 heterocycles. The predicted molar refractivity (Wildman–Crippen MR) is 109 cm³/mol. The van der Waals surface area contributed by atoms with Crippen molar-refractivity contribution >= 4 is 28.3 Å². The van der Waals surface area contributed by atoms with Crippen LogP contribution in [0.15, 0.2) is 53.9 Å². The Balaban J connectivity index is 1.23. The van der Waals surface area contributed by atoms with Gasteiger partial charge in [-0.3, -0.25) is 14.9 Å². The van der Waals surface area contributed by atoms with E-state index in [0.29, 0.717) is 35.8 Å². The second-order valence-corrected chi connectivity index (χ2v) is 7.29. The molecule has 1 aliphatic heterocycles. The lowest BCUT2D eigenvalue weighted by molar-refractivity contribution is -0.121. The summed E-state index contributed by atoms with van der Waals surface area (Å²) in [6.07, 6.45) is 0.824. The van der Waals surface area contributed by atoms with Crippen molar-refractivity contribution in [1.82, 2.24) is 10.3 Å². The Labute approximate surface area is 171 Å². The van der Waals surface area contributed by atoms with E-state index in [1.807, 2.05) is 41.8 Å². The molecule has 2 aromatic carbocycles. The van der Waals surface area contributed by atoms with Crippen LogP contribution in [0.2, 0.25) is 0 Å². The average molecular weight is 409 g/mol. The molecule has 0 aliphatic carbocycles. The fraction of sp³-hybridized carbons (Fsp3) is 0.190. The molecule has 1 aliphatic rings. The van der Waals surface area contributed by atoms with Crippen molar-refractivity contribution in [3.05, 3.63) is 70.7 Å². The lowest BCUT2D eigenvalue weighted by Crippen LogP contribution is -2.23. The number of fused-ring (bicyclic) bond motifs is 1. The maximum absolute atomic E-state index is 12.2. The van der Waals surface area contributed by atoms with Gasteiger partial charge in [-0.1, -0.05) is 24.3 Å². The lowest BCUT2D eigenvalue weighted by atomic mass is 10.2. The molecular weight excluding hydrogens is 390 g/mol. The molecule has 0 unspecified atom stereocenters. The lowest BCUT2D eigenvalue weighted by Gasteiger charge is -2.06. The summed E-state index contributed by atoms with van der Waals surface area (Å²) < 4.78 is 10.6. The first-order valence-electron chi connectivity index (χ1n) is 9.13. The summed E-state index contributed by atoms with van der Waals surface area (Å²) >= 11 is 1.35. The molecule has 4 rings (SSSR count). The van der Waals surface area contributed by atoms with Crippen molar-refractivity contribution in [2.75, 3.05) is 12.1 Å². The number of nitrogens with zero attached hydrogens (tertiary/aromatic N) is 1. The van der Waals surface area contributed by atoms with Gasteiger partial charge >= 0.3 is 0 Å². The van der Waals surface area contributed by atoms with E-state index in [1.54, 1.807) is 12.1 Å². The Hall–Kier alpha value is -3.39. The van der Waals surface area contributed by atoms with Crippen LogP contribution in [0, 0.1) is 0 Å². The molecular formula is C21H19N3O4S. The van der Waals surface area contributed by atoms with Gasteiger partial charge in [-0.05, 0) is 36.2 Å². The minimum atomic E-state index is -0.201. The van der Waals surface area contributed by atoms with Crippen LogP contribution in [0.4, 0.5) is 5.13 Å². The minimum absolute atomic E-state index is 0.0643. The molecule has 0 spiro atoms. The van der Waals surface area contributed by atoms with Crippen molar-refractivity contribution < 1.29 is 19.1 Å². The van der Waals surface area contributed by atoms with Crippen molar-refractivity contribution in [1.29, 1.82) is 0 Å². The van der Waals surface area contributed by atoms with Crippen molar-refractivity contribution in [3.63, 3.8) is 0 Å². The molecule has 0 saturated carbocycles. The molecule has 0 bridgehead atoms. The number of carbonyl (C=O) groups is 2. The van der Waals surface area contributed by atoms with Crippen LogP contribution in [0.25, 0.3) is 0 Å². The highest BCUT2D eigenvalue weighted by molar-refractivity contribution is 7.14. The van der Waals surface area contributed by atoms with Crippen LogP contribution in [-0.4, -0.2) is 23.6 Å². The van der Waals surface area contributed by atoms with Gasteiger partial charge in [0.1, 0.15) is 0 Å². The van der Waals surface area contributed by atoms with Crippen LogP contribution in [0.3, 0.4) is 0 Å². The Bertz CT molecular complexity index is 1020. The number of amides is 2. The molecule has 7 nitrogen and oxygen atoms in total. The van der Waals surface area contributed by atoms with E-state index in [-0.39, 0.29) is 18.6 Å². The number of hydrogen-bond acceptors (Lipinski definition) is 6. The van der Waals surface area contributed by atoms with Gasteiger partial charge < -0.3 is 14.8 Å². The molecule has 0 fully saturated rings. The molecule has 0 saturated heterocycles. The number of hydrogen-bond donors (Lipinski definition) is 2. The Morgan fingerprint density at radius 3 is 2.76 bits per heavy atom. The van der Waals surface area contributed by atoms with E-state index in [0.717, 1.165) is 17.0 Å². The number of ether oxygens (including phenoxy) is 2. The second-order valence-electron chi connectivity index (χ2n) is 6.43. The summed E-state index contributed by atoms with van der Waals surface area (Å²) in [6.45, 7) is 0.650. The summed E-state index contributed by atoms with van der Waals surface area (Å²) in [6, 6.07) is 14.6. The van der Waals surface area contributed by atoms with Gasteiger partial charge in [0, 0.05) is 23.9 Å². The zero-order chi connectivity index (χ0) is 20.1.